The van der Waals surface area contributed by atoms with E-state index in [9.17, 15) is 4.79 Å². The molecule has 0 spiro atoms. The molecule has 2 rings (SSSR count). The van der Waals surface area contributed by atoms with Crippen molar-refractivity contribution in [1.29, 1.82) is 0 Å². The van der Waals surface area contributed by atoms with Gasteiger partial charge in [0.25, 0.3) is 0 Å². The molecule has 0 saturated carbocycles. The van der Waals surface area contributed by atoms with Crippen LogP contribution in [-0.2, 0) is 9.53 Å². The van der Waals surface area contributed by atoms with E-state index in [-0.39, 0.29) is 11.8 Å². The van der Waals surface area contributed by atoms with Crippen molar-refractivity contribution in [1.82, 2.24) is 4.90 Å². The minimum absolute atomic E-state index is 0.0499. The Labute approximate surface area is 127 Å². The van der Waals surface area contributed by atoms with E-state index in [1.54, 1.807) is 0 Å². The molecule has 1 saturated heterocycles. The van der Waals surface area contributed by atoms with Crippen LogP contribution in [0.15, 0.2) is 36.4 Å². The topological polar surface area (TPSA) is 29.5 Å². The molecule has 1 fully saturated rings. The third kappa shape index (κ3) is 5.01. The molecule has 1 heterocycles. The van der Waals surface area contributed by atoms with Gasteiger partial charge in [0.15, 0.2) is 0 Å². The van der Waals surface area contributed by atoms with Gasteiger partial charge in [0.2, 0.25) is 5.91 Å². The van der Waals surface area contributed by atoms with Gasteiger partial charge in [-0.15, -0.1) is 0 Å². The molecule has 1 aliphatic heterocycles. The molecule has 1 unspecified atom stereocenters. The van der Waals surface area contributed by atoms with Gasteiger partial charge in [0.05, 0.1) is 12.5 Å². The highest BCUT2D eigenvalue weighted by Gasteiger charge is 2.27. The molecule has 0 bridgehead atoms. The average Bonchev–Trinajstić information content (AvgIpc) is 3.00. The SMILES string of the molecule is CC(C)CN(CC=Cc1ccccc1)C(=O)C1CCOC1. The van der Waals surface area contributed by atoms with Crippen LogP contribution in [0.5, 0.6) is 0 Å². The number of nitrogens with zero attached hydrogens (tertiary/aromatic N) is 1. The molecule has 0 N–H and O–H groups in total. The van der Waals surface area contributed by atoms with Crippen LogP contribution < -0.4 is 0 Å². The molecule has 114 valence electrons. The van der Waals surface area contributed by atoms with Crippen LogP contribution in [0.25, 0.3) is 6.08 Å². The van der Waals surface area contributed by atoms with Crippen LogP contribution >= 0.6 is 0 Å². The monoisotopic (exact) mass is 287 g/mol. The van der Waals surface area contributed by atoms with Crippen molar-refractivity contribution >= 4 is 12.0 Å². The lowest BCUT2D eigenvalue weighted by atomic mass is 10.1. The largest absolute Gasteiger partial charge is 0.381 e. The summed E-state index contributed by atoms with van der Waals surface area (Å²) < 4.78 is 5.34. The highest BCUT2D eigenvalue weighted by molar-refractivity contribution is 5.79. The summed E-state index contributed by atoms with van der Waals surface area (Å²) >= 11 is 0. The standard InChI is InChI=1S/C18H25NO2/c1-15(2)13-19(18(20)17-10-12-21-14-17)11-6-9-16-7-4-3-5-8-16/h3-9,15,17H,10-14H2,1-2H3. The first-order chi connectivity index (χ1) is 10.2. The van der Waals surface area contributed by atoms with Crippen molar-refractivity contribution < 1.29 is 9.53 Å². The van der Waals surface area contributed by atoms with Crippen LogP contribution in [0.4, 0.5) is 0 Å². The van der Waals surface area contributed by atoms with E-state index < -0.39 is 0 Å². The van der Waals surface area contributed by atoms with E-state index in [4.69, 9.17) is 4.74 Å². The van der Waals surface area contributed by atoms with Crippen LogP contribution in [-0.4, -0.2) is 37.1 Å². The van der Waals surface area contributed by atoms with Crippen molar-refractivity contribution in [2.24, 2.45) is 11.8 Å². The van der Waals surface area contributed by atoms with E-state index >= 15 is 0 Å². The Morgan fingerprint density at radius 3 is 2.76 bits per heavy atom. The van der Waals surface area contributed by atoms with E-state index in [1.807, 2.05) is 23.1 Å². The van der Waals surface area contributed by atoms with Gasteiger partial charge in [0, 0.05) is 19.7 Å². The molecule has 21 heavy (non-hydrogen) atoms. The predicted octanol–water partition coefficient (Wildman–Crippen LogP) is 3.22. The summed E-state index contributed by atoms with van der Waals surface area (Å²) in [6.45, 7) is 7.05. The molecule has 3 nitrogen and oxygen atoms in total. The summed E-state index contributed by atoms with van der Waals surface area (Å²) in [7, 11) is 0. The number of hydrogen-bond donors (Lipinski definition) is 0. The molecule has 1 aliphatic rings. The Morgan fingerprint density at radius 2 is 2.14 bits per heavy atom. The molecule has 1 atom stereocenters. The van der Waals surface area contributed by atoms with Crippen molar-refractivity contribution in [3.05, 3.63) is 42.0 Å². The Kier molecular flexibility index (Phi) is 6.00. The summed E-state index contributed by atoms with van der Waals surface area (Å²) in [4.78, 5) is 14.5. The fourth-order valence-electron chi connectivity index (χ4n) is 2.56. The maximum atomic E-state index is 12.5. The summed E-state index contributed by atoms with van der Waals surface area (Å²) in [5, 5.41) is 0. The summed E-state index contributed by atoms with van der Waals surface area (Å²) in [5.74, 6) is 0.759. The third-order valence-corrected chi connectivity index (χ3v) is 3.61. The minimum Gasteiger partial charge on any atom is -0.381 e. The van der Waals surface area contributed by atoms with Gasteiger partial charge in [-0.05, 0) is 17.9 Å². The third-order valence-electron chi connectivity index (χ3n) is 3.61. The predicted molar refractivity (Wildman–Crippen MR) is 85.8 cm³/mol. The van der Waals surface area contributed by atoms with Crippen LogP contribution in [0.2, 0.25) is 0 Å². The van der Waals surface area contributed by atoms with Gasteiger partial charge in [0.1, 0.15) is 0 Å². The number of rotatable bonds is 6. The van der Waals surface area contributed by atoms with E-state index in [0.717, 1.165) is 13.0 Å². The fourth-order valence-corrected chi connectivity index (χ4v) is 2.56. The van der Waals surface area contributed by atoms with Gasteiger partial charge < -0.3 is 9.64 Å². The Bertz CT molecular complexity index is 461. The summed E-state index contributed by atoms with van der Waals surface area (Å²) in [6.07, 6.45) is 5.01. The zero-order chi connectivity index (χ0) is 15.1. The van der Waals surface area contributed by atoms with Gasteiger partial charge in [-0.2, -0.15) is 0 Å². The van der Waals surface area contributed by atoms with Crippen LogP contribution in [0.3, 0.4) is 0 Å². The zero-order valence-electron chi connectivity index (χ0n) is 13.0. The highest BCUT2D eigenvalue weighted by Crippen LogP contribution is 2.16. The fraction of sp³-hybridized carbons (Fsp3) is 0.500. The van der Waals surface area contributed by atoms with Crippen LogP contribution in [0.1, 0.15) is 25.8 Å². The first kappa shape index (κ1) is 15.8. The Morgan fingerprint density at radius 1 is 1.38 bits per heavy atom. The van der Waals surface area contributed by atoms with Gasteiger partial charge in [-0.1, -0.05) is 56.3 Å². The first-order valence-electron chi connectivity index (χ1n) is 7.75. The molecule has 1 aromatic rings. The Hall–Kier alpha value is -1.61. The second-order valence-electron chi connectivity index (χ2n) is 6.01. The Balaban J connectivity index is 1.95. The van der Waals surface area contributed by atoms with Crippen molar-refractivity contribution in [3.8, 4) is 0 Å². The number of carbonyl (C=O) groups excluding carboxylic acids is 1. The number of carbonyl (C=O) groups is 1. The zero-order valence-corrected chi connectivity index (χ0v) is 13.0. The molecule has 0 aromatic heterocycles. The molecular weight excluding hydrogens is 262 g/mol. The lowest BCUT2D eigenvalue weighted by Gasteiger charge is -2.25. The van der Waals surface area contributed by atoms with E-state index in [1.165, 1.54) is 5.56 Å². The number of hydrogen-bond acceptors (Lipinski definition) is 2. The van der Waals surface area contributed by atoms with Gasteiger partial charge in [-0.25, -0.2) is 0 Å². The first-order valence-corrected chi connectivity index (χ1v) is 7.75. The van der Waals surface area contributed by atoms with Crippen molar-refractivity contribution in [2.75, 3.05) is 26.3 Å². The van der Waals surface area contributed by atoms with Crippen molar-refractivity contribution in [2.45, 2.75) is 20.3 Å². The highest BCUT2D eigenvalue weighted by atomic mass is 16.5. The second kappa shape index (κ2) is 7.99. The quantitative estimate of drug-likeness (QED) is 0.804. The molecule has 0 radical (unpaired) electrons. The molecule has 0 aliphatic carbocycles. The van der Waals surface area contributed by atoms with Crippen LogP contribution in [0, 0.1) is 11.8 Å². The number of amides is 1. The van der Waals surface area contributed by atoms with Gasteiger partial charge in [-0.3, -0.25) is 4.79 Å². The average molecular weight is 287 g/mol. The smallest absolute Gasteiger partial charge is 0.228 e. The minimum atomic E-state index is 0.0499. The maximum Gasteiger partial charge on any atom is 0.228 e. The molecular formula is C18H25NO2. The molecule has 3 heteroatoms. The molecule has 1 amide bonds. The van der Waals surface area contributed by atoms with Crippen molar-refractivity contribution in [3.63, 3.8) is 0 Å². The number of benzene rings is 1. The summed E-state index contributed by atoms with van der Waals surface area (Å²) in [5.41, 5.74) is 1.17. The lowest BCUT2D eigenvalue weighted by Crippen LogP contribution is -2.39. The van der Waals surface area contributed by atoms with E-state index in [2.05, 4.69) is 38.1 Å². The van der Waals surface area contributed by atoms with E-state index in [0.29, 0.717) is 25.7 Å². The summed E-state index contributed by atoms with van der Waals surface area (Å²) in [6, 6.07) is 10.2. The lowest BCUT2D eigenvalue weighted by molar-refractivity contribution is -0.135. The second-order valence-corrected chi connectivity index (χ2v) is 6.01. The number of ether oxygens (including phenoxy) is 1. The normalized spacial score (nSPS) is 18.5. The maximum absolute atomic E-state index is 12.5. The van der Waals surface area contributed by atoms with Gasteiger partial charge >= 0.3 is 0 Å². The molecule has 1 aromatic carbocycles.